The molecule has 7 rings (SSSR count). The van der Waals surface area contributed by atoms with Crippen LogP contribution in [0.3, 0.4) is 0 Å². The van der Waals surface area contributed by atoms with Gasteiger partial charge in [0.2, 0.25) is 0 Å². The van der Waals surface area contributed by atoms with Gasteiger partial charge in [0.25, 0.3) is 0 Å². The molecule has 0 radical (unpaired) electrons. The smallest absolute Gasteiger partial charge is 0.143 e. The maximum atomic E-state index is 6.83. The van der Waals surface area contributed by atoms with Crippen LogP contribution >= 0.6 is 11.3 Å². The Morgan fingerprint density at radius 2 is 0.971 bits per heavy atom. The van der Waals surface area contributed by atoms with Gasteiger partial charge in [-0.15, -0.1) is 11.3 Å². The van der Waals surface area contributed by atoms with Crippen molar-refractivity contribution in [1.82, 2.24) is 0 Å². The molecule has 7 aromatic rings. The van der Waals surface area contributed by atoms with E-state index in [4.69, 9.17) is 4.42 Å². The molecule has 0 bridgehead atoms. The van der Waals surface area contributed by atoms with Gasteiger partial charge in [-0.05, 0) is 23.3 Å². The average Bonchev–Trinajstić information content (AvgIpc) is 3.48. The Kier molecular flexibility index (Phi) is 4.39. The fraction of sp³-hybridized carbons (Fsp3) is 0. The molecule has 2 heteroatoms. The van der Waals surface area contributed by atoms with Gasteiger partial charge in [0.15, 0.2) is 0 Å². The predicted octanol–water partition coefficient (Wildman–Crippen LogP) is 9.80. The van der Waals surface area contributed by atoms with Crippen LogP contribution in [-0.4, -0.2) is 0 Å². The highest BCUT2D eigenvalue weighted by Crippen LogP contribution is 2.46. The number of rotatable bonds is 3. The van der Waals surface area contributed by atoms with Crippen molar-refractivity contribution in [3.63, 3.8) is 0 Å². The van der Waals surface area contributed by atoms with Gasteiger partial charge in [0, 0.05) is 42.1 Å². The molecule has 0 saturated heterocycles. The molecular weight excluding hydrogens is 432 g/mol. The van der Waals surface area contributed by atoms with Crippen molar-refractivity contribution in [2.24, 2.45) is 0 Å². The highest BCUT2D eigenvalue weighted by atomic mass is 32.1. The van der Waals surface area contributed by atoms with Gasteiger partial charge < -0.3 is 4.42 Å². The van der Waals surface area contributed by atoms with Crippen molar-refractivity contribution >= 4 is 42.3 Å². The van der Waals surface area contributed by atoms with Gasteiger partial charge in [-0.3, -0.25) is 0 Å². The second-order valence-corrected chi connectivity index (χ2v) is 9.58. The lowest BCUT2D eigenvalue weighted by molar-refractivity contribution is 0.603. The Balaban J connectivity index is 1.54. The molecule has 5 aromatic carbocycles. The van der Waals surface area contributed by atoms with Crippen molar-refractivity contribution in [2.45, 2.75) is 0 Å². The molecule has 0 unspecified atom stereocenters. The largest absolute Gasteiger partial charge is 0.455 e. The molecule has 1 nitrogen and oxygen atoms in total. The molecule has 0 saturated carbocycles. The quantitative estimate of drug-likeness (QED) is 0.260. The van der Waals surface area contributed by atoms with Crippen molar-refractivity contribution < 1.29 is 4.42 Å². The third kappa shape index (κ3) is 2.93. The molecule has 0 N–H and O–H groups in total. The van der Waals surface area contributed by atoms with Gasteiger partial charge in [0.1, 0.15) is 11.5 Å². The summed E-state index contributed by atoms with van der Waals surface area (Å²) in [6.45, 7) is 0. The number of thiophene rings is 1. The molecule has 34 heavy (non-hydrogen) atoms. The zero-order valence-corrected chi connectivity index (χ0v) is 19.2. The molecule has 0 amide bonds. The summed E-state index contributed by atoms with van der Waals surface area (Å²) in [5.41, 5.74) is 4.62. The normalized spacial score (nSPS) is 11.5. The first kappa shape index (κ1) is 19.3. The lowest BCUT2D eigenvalue weighted by Crippen LogP contribution is -1.83. The fourth-order valence-electron chi connectivity index (χ4n) is 5.01. The second kappa shape index (κ2) is 7.72. The van der Waals surface area contributed by atoms with Crippen LogP contribution in [0.1, 0.15) is 0 Å². The van der Waals surface area contributed by atoms with Crippen LogP contribution in [0.25, 0.3) is 64.7 Å². The standard InChI is InChI=1S/C32H20OS/c1-2-11-21(12-3-1)22-13-4-5-14-23(22)31-24-15-6-7-16-25(24)32(33-31)27-18-10-20-29-30(27)26-17-8-9-19-28(26)34-29/h1-20H. The molecule has 0 aliphatic heterocycles. The zero-order valence-electron chi connectivity index (χ0n) is 18.4. The number of hydrogen-bond donors (Lipinski definition) is 0. The molecule has 0 atom stereocenters. The monoisotopic (exact) mass is 452 g/mol. The average molecular weight is 453 g/mol. The van der Waals surface area contributed by atoms with Crippen molar-refractivity contribution in [2.75, 3.05) is 0 Å². The van der Waals surface area contributed by atoms with Gasteiger partial charge in [0.05, 0.1) is 0 Å². The molecule has 0 aliphatic carbocycles. The molecule has 0 fully saturated rings. The summed E-state index contributed by atoms with van der Waals surface area (Å²) in [7, 11) is 0. The summed E-state index contributed by atoms with van der Waals surface area (Å²) in [4.78, 5) is 0. The Labute approximate surface area is 201 Å². The maximum absolute atomic E-state index is 6.83. The van der Waals surface area contributed by atoms with Gasteiger partial charge >= 0.3 is 0 Å². The first-order chi connectivity index (χ1) is 16.9. The Hall–Kier alpha value is -4.14. The topological polar surface area (TPSA) is 13.1 Å². The Bertz CT molecular complexity index is 1800. The second-order valence-electron chi connectivity index (χ2n) is 8.49. The van der Waals surface area contributed by atoms with Crippen molar-refractivity contribution in [3.8, 4) is 33.8 Å². The lowest BCUT2D eigenvalue weighted by atomic mass is 9.96. The first-order valence-electron chi connectivity index (χ1n) is 11.5. The number of fused-ring (bicyclic) bond motifs is 4. The molecule has 2 aromatic heterocycles. The van der Waals surface area contributed by atoms with E-state index in [2.05, 4.69) is 121 Å². The van der Waals surface area contributed by atoms with Gasteiger partial charge in [-0.2, -0.15) is 0 Å². The van der Waals surface area contributed by atoms with Crippen LogP contribution in [-0.2, 0) is 0 Å². The SMILES string of the molecule is c1ccc(-c2ccccc2-c2oc(-c3cccc4sc5ccccc5c34)c3ccccc23)cc1. The minimum Gasteiger partial charge on any atom is -0.455 e. The summed E-state index contributed by atoms with van der Waals surface area (Å²) in [6.07, 6.45) is 0. The molecule has 2 heterocycles. The number of hydrogen-bond acceptors (Lipinski definition) is 2. The van der Waals surface area contributed by atoms with E-state index in [1.165, 1.54) is 31.3 Å². The zero-order chi connectivity index (χ0) is 22.5. The maximum Gasteiger partial charge on any atom is 0.143 e. The van der Waals surface area contributed by atoms with E-state index in [-0.39, 0.29) is 0 Å². The Morgan fingerprint density at radius 3 is 1.76 bits per heavy atom. The predicted molar refractivity (Wildman–Crippen MR) is 145 cm³/mol. The van der Waals surface area contributed by atoms with E-state index in [9.17, 15) is 0 Å². The van der Waals surface area contributed by atoms with Crippen LogP contribution < -0.4 is 0 Å². The third-order valence-electron chi connectivity index (χ3n) is 6.52. The fourth-order valence-corrected chi connectivity index (χ4v) is 6.14. The highest BCUT2D eigenvalue weighted by Gasteiger charge is 2.21. The van der Waals surface area contributed by atoms with E-state index in [0.717, 1.165) is 33.4 Å². The molecule has 160 valence electrons. The summed E-state index contributed by atoms with van der Waals surface area (Å²) in [5.74, 6) is 1.85. The van der Waals surface area contributed by atoms with Crippen LogP contribution in [0.15, 0.2) is 126 Å². The van der Waals surface area contributed by atoms with Crippen LogP contribution in [0.5, 0.6) is 0 Å². The Morgan fingerprint density at radius 1 is 0.412 bits per heavy atom. The van der Waals surface area contributed by atoms with E-state index >= 15 is 0 Å². The highest BCUT2D eigenvalue weighted by molar-refractivity contribution is 7.25. The summed E-state index contributed by atoms with van der Waals surface area (Å²) >= 11 is 1.84. The number of benzene rings is 5. The van der Waals surface area contributed by atoms with Crippen molar-refractivity contribution in [3.05, 3.63) is 121 Å². The number of furan rings is 1. The molecular formula is C32H20OS. The van der Waals surface area contributed by atoms with E-state index in [1.807, 2.05) is 11.3 Å². The third-order valence-corrected chi connectivity index (χ3v) is 7.66. The summed E-state index contributed by atoms with van der Waals surface area (Å²) in [5, 5.41) is 4.83. The van der Waals surface area contributed by atoms with E-state index < -0.39 is 0 Å². The van der Waals surface area contributed by atoms with E-state index in [0.29, 0.717) is 0 Å². The van der Waals surface area contributed by atoms with Crippen molar-refractivity contribution in [1.29, 1.82) is 0 Å². The van der Waals surface area contributed by atoms with E-state index in [1.54, 1.807) is 0 Å². The summed E-state index contributed by atoms with van der Waals surface area (Å²) < 4.78 is 9.41. The van der Waals surface area contributed by atoms with Gasteiger partial charge in [-0.1, -0.05) is 109 Å². The van der Waals surface area contributed by atoms with Gasteiger partial charge in [-0.25, -0.2) is 0 Å². The first-order valence-corrected chi connectivity index (χ1v) is 12.3. The van der Waals surface area contributed by atoms with Crippen LogP contribution in [0, 0.1) is 0 Å². The summed E-state index contributed by atoms with van der Waals surface area (Å²) in [6, 6.07) is 42.8. The van der Waals surface area contributed by atoms with Crippen LogP contribution in [0.2, 0.25) is 0 Å². The lowest BCUT2D eigenvalue weighted by Gasteiger charge is -2.08. The minimum atomic E-state index is 0.918. The molecule has 0 aliphatic rings. The van der Waals surface area contributed by atoms with Crippen LogP contribution in [0.4, 0.5) is 0 Å². The molecule has 0 spiro atoms. The minimum absolute atomic E-state index is 0.918.